The Bertz CT molecular complexity index is 411. The first-order valence-corrected chi connectivity index (χ1v) is 5.19. The van der Waals surface area contributed by atoms with Crippen molar-refractivity contribution in [3.8, 4) is 0 Å². The molecule has 2 rings (SSSR count). The minimum absolute atomic E-state index is 0.202. The lowest BCUT2D eigenvalue weighted by atomic mass is 10.1. The molecule has 4 nitrogen and oxygen atoms in total. The molecule has 1 saturated heterocycles. The zero-order chi connectivity index (χ0) is 11.5. The number of rotatable bonds is 2. The Morgan fingerprint density at radius 3 is 2.62 bits per heavy atom. The number of hydrogen-bond donors (Lipinski definition) is 0. The van der Waals surface area contributed by atoms with E-state index in [9.17, 15) is 9.59 Å². The first-order valence-electron chi connectivity index (χ1n) is 5.19. The standard InChI is InChI=1S/C12H13NO3/c1-9-2-4-10(5-3-9)8-11(14)13-6-7-16-12(13)15/h2-5H,6-8H2,1H3. The van der Waals surface area contributed by atoms with Gasteiger partial charge in [-0.1, -0.05) is 29.8 Å². The highest BCUT2D eigenvalue weighted by Gasteiger charge is 2.27. The zero-order valence-electron chi connectivity index (χ0n) is 9.10. The Morgan fingerprint density at radius 1 is 1.38 bits per heavy atom. The predicted octanol–water partition coefficient (Wildman–Crippen LogP) is 1.52. The number of benzene rings is 1. The van der Waals surface area contributed by atoms with Crippen LogP contribution in [0.1, 0.15) is 11.1 Å². The Morgan fingerprint density at radius 2 is 2.06 bits per heavy atom. The van der Waals surface area contributed by atoms with E-state index in [-0.39, 0.29) is 12.3 Å². The number of aryl methyl sites for hydroxylation is 1. The predicted molar refractivity (Wildman–Crippen MR) is 57.9 cm³/mol. The molecule has 4 heteroatoms. The van der Waals surface area contributed by atoms with Crippen molar-refractivity contribution in [3.63, 3.8) is 0 Å². The summed E-state index contributed by atoms with van der Waals surface area (Å²) in [5.74, 6) is -0.202. The van der Waals surface area contributed by atoms with Crippen molar-refractivity contribution in [2.24, 2.45) is 0 Å². The molecule has 1 heterocycles. The summed E-state index contributed by atoms with van der Waals surface area (Å²) in [4.78, 5) is 24.0. The van der Waals surface area contributed by atoms with Gasteiger partial charge in [-0.15, -0.1) is 0 Å². The molecule has 0 aromatic heterocycles. The van der Waals surface area contributed by atoms with E-state index < -0.39 is 6.09 Å². The average Bonchev–Trinajstić information content (AvgIpc) is 2.68. The number of ether oxygens (including phenoxy) is 1. The molecule has 0 unspecified atom stereocenters. The number of amides is 2. The molecular weight excluding hydrogens is 206 g/mol. The van der Waals surface area contributed by atoms with Crippen molar-refractivity contribution >= 4 is 12.0 Å². The highest BCUT2D eigenvalue weighted by Crippen LogP contribution is 2.09. The van der Waals surface area contributed by atoms with Gasteiger partial charge in [-0.05, 0) is 12.5 Å². The van der Waals surface area contributed by atoms with Crippen LogP contribution in [0.25, 0.3) is 0 Å². The summed E-state index contributed by atoms with van der Waals surface area (Å²) in [6.45, 7) is 2.66. The van der Waals surface area contributed by atoms with Crippen LogP contribution >= 0.6 is 0 Å². The van der Waals surface area contributed by atoms with Crippen molar-refractivity contribution in [2.45, 2.75) is 13.3 Å². The van der Waals surface area contributed by atoms with Crippen LogP contribution in [0.15, 0.2) is 24.3 Å². The average molecular weight is 219 g/mol. The maximum absolute atomic E-state index is 11.7. The Labute approximate surface area is 93.8 Å². The lowest BCUT2D eigenvalue weighted by Gasteiger charge is -2.10. The summed E-state index contributed by atoms with van der Waals surface area (Å²) in [5.41, 5.74) is 2.06. The van der Waals surface area contributed by atoms with E-state index in [1.807, 2.05) is 31.2 Å². The fraction of sp³-hybridized carbons (Fsp3) is 0.333. The van der Waals surface area contributed by atoms with Gasteiger partial charge in [0.15, 0.2) is 0 Å². The van der Waals surface area contributed by atoms with Crippen LogP contribution in [-0.2, 0) is 16.0 Å². The monoisotopic (exact) mass is 219 g/mol. The van der Waals surface area contributed by atoms with E-state index in [2.05, 4.69) is 0 Å². The van der Waals surface area contributed by atoms with Crippen molar-refractivity contribution in [3.05, 3.63) is 35.4 Å². The topological polar surface area (TPSA) is 46.6 Å². The van der Waals surface area contributed by atoms with Gasteiger partial charge in [0.2, 0.25) is 5.91 Å². The third-order valence-corrected chi connectivity index (χ3v) is 2.54. The van der Waals surface area contributed by atoms with E-state index in [0.29, 0.717) is 13.2 Å². The fourth-order valence-corrected chi connectivity index (χ4v) is 1.60. The molecule has 1 aromatic rings. The van der Waals surface area contributed by atoms with Gasteiger partial charge in [-0.2, -0.15) is 0 Å². The number of nitrogens with zero attached hydrogens (tertiary/aromatic N) is 1. The van der Waals surface area contributed by atoms with Gasteiger partial charge < -0.3 is 4.74 Å². The molecule has 84 valence electrons. The van der Waals surface area contributed by atoms with Gasteiger partial charge in [0.1, 0.15) is 6.61 Å². The lowest BCUT2D eigenvalue weighted by molar-refractivity contribution is -0.127. The molecule has 0 spiro atoms. The van der Waals surface area contributed by atoms with Crippen LogP contribution in [0, 0.1) is 6.92 Å². The highest BCUT2D eigenvalue weighted by molar-refractivity contribution is 5.93. The maximum atomic E-state index is 11.7. The second-order valence-corrected chi connectivity index (χ2v) is 3.82. The number of cyclic esters (lactones) is 1. The van der Waals surface area contributed by atoms with Gasteiger partial charge in [0, 0.05) is 0 Å². The van der Waals surface area contributed by atoms with Crippen LogP contribution in [0.3, 0.4) is 0 Å². The van der Waals surface area contributed by atoms with E-state index >= 15 is 0 Å². The molecule has 0 radical (unpaired) electrons. The van der Waals surface area contributed by atoms with Gasteiger partial charge in [0.05, 0.1) is 13.0 Å². The van der Waals surface area contributed by atoms with Crippen molar-refractivity contribution in [1.29, 1.82) is 0 Å². The highest BCUT2D eigenvalue weighted by atomic mass is 16.6. The zero-order valence-corrected chi connectivity index (χ0v) is 9.10. The van der Waals surface area contributed by atoms with Crippen LogP contribution in [0.5, 0.6) is 0 Å². The van der Waals surface area contributed by atoms with E-state index in [0.717, 1.165) is 16.0 Å². The molecule has 1 aliphatic rings. The first-order chi connectivity index (χ1) is 7.66. The molecule has 1 aliphatic heterocycles. The van der Waals surface area contributed by atoms with Gasteiger partial charge in [-0.3, -0.25) is 4.79 Å². The van der Waals surface area contributed by atoms with Gasteiger partial charge >= 0.3 is 6.09 Å². The number of imide groups is 1. The van der Waals surface area contributed by atoms with Crippen molar-refractivity contribution in [2.75, 3.05) is 13.2 Å². The quantitative estimate of drug-likeness (QED) is 0.757. The molecule has 1 aromatic carbocycles. The fourth-order valence-electron chi connectivity index (χ4n) is 1.60. The molecule has 2 amide bonds. The van der Waals surface area contributed by atoms with E-state index in [1.165, 1.54) is 0 Å². The lowest BCUT2D eigenvalue weighted by Crippen LogP contribution is -2.32. The molecule has 0 atom stereocenters. The Kier molecular flexibility index (Phi) is 2.90. The maximum Gasteiger partial charge on any atom is 0.416 e. The van der Waals surface area contributed by atoms with Crippen LogP contribution in [-0.4, -0.2) is 30.1 Å². The number of carbonyl (C=O) groups is 2. The van der Waals surface area contributed by atoms with Crippen molar-refractivity contribution < 1.29 is 14.3 Å². The second kappa shape index (κ2) is 4.35. The third kappa shape index (κ3) is 2.21. The first kappa shape index (κ1) is 10.7. The minimum Gasteiger partial charge on any atom is -0.447 e. The number of hydrogen-bond acceptors (Lipinski definition) is 3. The molecule has 1 fully saturated rings. The summed E-state index contributed by atoms with van der Waals surface area (Å²) in [7, 11) is 0. The summed E-state index contributed by atoms with van der Waals surface area (Å²) in [6, 6.07) is 7.69. The molecular formula is C12H13NO3. The Hall–Kier alpha value is -1.84. The van der Waals surface area contributed by atoms with Crippen LogP contribution < -0.4 is 0 Å². The number of carbonyl (C=O) groups excluding carboxylic acids is 2. The summed E-state index contributed by atoms with van der Waals surface area (Å²) in [6.07, 6.45) is -0.285. The largest absolute Gasteiger partial charge is 0.447 e. The van der Waals surface area contributed by atoms with Gasteiger partial charge in [-0.25, -0.2) is 9.69 Å². The van der Waals surface area contributed by atoms with Crippen molar-refractivity contribution in [1.82, 2.24) is 4.90 Å². The van der Waals surface area contributed by atoms with E-state index in [4.69, 9.17) is 4.74 Å². The molecule has 0 N–H and O–H groups in total. The van der Waals surface area contributed by atoms with Crippen LogP contribution in [0.4, 0.5) is 4.79 Å². The van der Waals surface area contributed by atoms with Crippen LogP contribution in [0.2, 0.25) is 0 Å². The molecule has 0 saturated carbocycles. The summed E-state index contributed by atoms with van der Waals surface area (Å²) < 4.78 is 4.71. The second-order valence-electron chi connectivity index (χ2n) is 3.82. The normalized spacial score (nSPS) is 15.1. The molecule has 16 heavy (non-hydrogen) atoms. The third-order valence-electron chi connectivity index (χ3n) is 2.54. The van der Waals surface area contributed by atoms with E-state index in [1.54, 1.807) is 0 Å². The molecule has 0 bridgehead atoms. The SMILES string of the molecule is Cc1ccc(CC(=O)N2CCOC2=O)cc1. The Balaban J connectivity index is 2.02. The smallest absolute Gasteiger partial charge is 0.416 e. The summed E-state index contributed by atoms with van der Waals surface area (Å²) in [5, 5.41) is 0. The summed E-state index contributed by atoms with van der Waals surface area (Å²) >= 11 is 0. The molecule has 0 aliphatic carbocycles. The van der Waals surface area contributed by atoms with Gasteiger partial charge in [0.25, 0.3) is 0 Å². The minimum atomic E-state index is -0.530.